The molecule has 0 bridgehead atoms. The normalized spacial score (nSPS) is 14.0. The van der Waals surface area contributed by atoms with Crippen LogP contribution in [0.1, 0.15) is 22.3 Å². The van der Waals surface area contributed by atoms with Crippen molar-refractivity contribution < 1.29 is 9.59 Å². The molecule has 0 saturated carbocycles. The Kier molecular flexibility index (Phi) is 4.77. The third-order valence-corrected chi connectivity index (χ3v) is 5.04. The van der Waals surface area contributed by atoms with Crippen LogP contribution in [0.15, 0.2) is 78.5 Å². The Morgan fingerprint density at radius 1 is 0.724 bits per heavy atom. The van der Waals surface area contributed by atoms with E-state index in [4.69, 9.17) is 0 Å². The molecule has 1 aliphatic heterocycles. The van der Waals surface area contributed by atoms with Gasteiger partial charge in [-0.2, -0.15) is 0 Å². The van der Waals surface area contributed by atoms with Crippen molar-refractivity contribution in [2.75, 3.05) is 10.2 Å². The molecule has 2 amide bonds. The second kappa shape index (κ2) is 7.40. The molecule has 0 atom stereocenters. The number of benzene rings is 3. The maximum Gasteiger partial charge on any atom is 0.282 e. The fourth-order valence-electron chi connectivity index (χ4n) is 3.67. The number of nitrogens with one attached hydrogen (secondary N) is 1. The van der Waals surface area contributed by atoms with Crippen LogP contribution in [0.25, 0.3) is 5.57 Å². The highest BCUT2D eigenvalue weighted by Gasteiger charge is 2.40. The maximum atomic E-state index is 13.4. The van der Waals surface area contributed by atoms with E-state index in [1.807, 2.05) is 81.4 Å². The summed E-state index contributed by atoms with van der Waals surface area (Å²) in [6.07, 6.45) is 0. The van der Waals surface area contributed by atoms with Gasteiger partial charge in [0.2, 0.25) is 0 Å². The molecule has 0 radical (unpaired) electrons. The number of para-hydroxylation sites is 1. The zero-order chi connectivity index (χ0) is 20.5. The van der Waals surface area contributed by atoms with Gasteiger partial charge in [0.1, 0.15) is 5.70 Å². The van der Waals surface area contributed by atoms with Gasteiger partial charge >= 0.3 is 0 Å². The summed E-state index contributed by atoms with van der Waals surface area (Å²) in [7, 11) is 0. The number of nitrogens with zero attached hydrogens (tertiary/aromatic N) is 1. The molecule has 0 fully saturated rings. The minimum Gasteiger partial charge on any atom is -0.350 e. The Bertz CT molecular complexity index is 1150. The zero-order valence-corrected chi connectivity index (χ0v) is 16.7. The number of hydrogen-bond donors (Lipinski definition) is 1. The molecule has 144 valence electrons. The van der Waals surface area contributed by atoms with Crippen molar-refractivity contribution in [3.05, 3.63) is 101 Å². The van der Waals surface area contributed by atoms with Gasteiger partial charge in [-0.1, -0.05) is 54.1 Å². The van der Waals surface area contributed by atoms with Crippen LogP contribution in [0.2, 0.25) is 0 Å². The average Bonchev–Trinajstić information content (AvgIpc) is 2.93. The third-order valence-electron chi connectivity index (χ3n) is 5.04. The zero-order valence-electron chi connectivity index (χ0n) is 16.7. The third kappa shape index (κ3) is 3.45. The van der Waals surface area contributed by atoms with E-state index in [1.165, 1.54) is 4.90 Å². The van der Waals surface area contributed by atoms with Crippen LogP contribution >= 0.6 is 0 Å². The lowest BCUT2D eigenvalue weighted by Gasteiger charge is -2.15. The van der Waals surface area contributed by atoms with Crippen molar-refractivity contribution in [1.29, 1.82) is 0 Å². The number of anilines is 2. The Labute approximate surface area is 170 Å². The molecule has 29 heavy (non-hydrogen) atoms. The Morgan fingerprint density at radius 2 is 1.45 bits per heavy atom. The molecule has 4 rings (SSSR count). The van der Waals surface area contributed by atoms with Crippen molar-refractivity contribution in [3.63, 3.8) is 0 Å². The van der Waals surface area contributed by atoms with Crippen molar-refractivity contribution in [1.82, 2.24) is 0 Å². The first-order valence-electron chi connectivity index (χ1n) is 9.55. The number of rotatable bonds is 4. The van der Waals surface area contributed by atoms with Crippen LogP contribution in [-0.4, -0.2) is 11.8 Å². The van der Waals surface area contributed by atoms with E-state index in [0.29, 0.717) is 17.0 Å². The average molecular weight is 382 g/mol. The largest absolute Gasteiger partial charge is 0.350 e. The Balaban J connectivity index is 1.87. The predicted octanol–water partition coefficient (Wildman–Crippen LogP) is 5.01. The van der Waals surface area contributed by atoms with Gasteiger partial charge in [-0.25, -0.2) is 4.90 Å². The summed E-state index contributed by atoms with van der Waals surface area (Å²) in [6.45, 7) is 5.96. The summed E-state index contributed by atoms with van der Waals surface area (Å²) in [6, 6.07) is 22.7. The highest BCUT2D eigenvalue weighted by atomic mass is 16.2. The maximum absolute atomic E-state index is 13.4. The van der Waals surface area contributed by atoms with Crippen molar-refractivity contribution in [2.45, 2.75) is 20.8 Å². The van der Waals surface area contributed by atoms with E-state index in [9.17, 15) is 9.59 Å². The van der Waals surface area contributed by atoms with E-state index in [0.717, 1.165) is 27.9 Å². The number of imide groups is 1. The topological polar surface area (TPSA) is 49.4 Å². The summed E-state index contributed by atoms with van der Waals surface area (Å²) in [5, 5.41) is 3.22. The molecule has 0 aromatic heterocycles. The van der Waals surface area contributed by atoms with Gasteiger partial charge in [-0.15, -0.1) is 0 Å². The second-order valence-corrected chi connectivity index (χ2v) is 7.34. The van der Waals surface area contributed by atoms with E-state index in [1.54, 1.807) is 12.1 Å². The Hall–Kier alpha value is -3.66. The van der Waals surface area contributed by atoms with Crippen molar-refractivity contribution in [2.24, 2.45) is 0 Å². The molecule has 1 aliphatic rings. The summed E-state index contributed by atoms with van der Waals surface area (Å²) in [4.78, 5) is 28.0. The summed E-state index contributed by atoms with van der Waals surface area (Å²) in [5.74, 6) is -0.666. The van der Waals surface area contributed by atoms with Gasteiger partial charge < -0.3 is 5.32 Å². The van der Waals surface area contributed by atoms with Crippen LogP contribution in [0.4, 0.5) is 11.4 Å². The molecule has 4 heteroatoms. The van der Waals surface area contributed by atoms with Crippen molar-refractivity contribution in [3.8, 4) is 0 Å². The van der Waals surface area contributed by atoms with Crippen LogP contribution in [0.3, 0.4) is 0 Å². The minimum absolute atomic E-state index is 0.302. The fraction of sp³-hybridized carbons (Fsp3) is 0.120. The Morgan fingerprint density at radius 3 is 2.14 bits per heavy atom. The van der Waals surface area contributed by atoms with Crippen LogP contribution < -0.4 is 10.2 Å². The molecule has 0 saturated heterocycles. The highest BCUT2D eigenvalue weighted by Crippen LogP contribution is 2.35. The summed E-state index contributed by atoms with van der Waals surface area (Å²) < 4.78 is 0. The molecule has 0 unspecified atom stereocenters. The summed E-state index contributed by atoms with van der Waals surface area (Å²) in [5.41, 5.74) is 5.94. The minimum atomic E-state index is -0.349. The standard InChI is InChI=1S/C25H22N2O2/c1-16-8-7-9-19(15-16)26-23-22(21-13-12-17(2)14-18(21)3)24(28)27(25(23)29)20-10-5-4-6-11-20/h4-15,26H,1-3H3. The fourth-order valence-corrected chi connectivity index (χ4v) is 3.67. The SMILES string of the molecule is Cc1cccc(NC2=C(c3ccc(C)cc3C)C(=O)N(c3ccccc3)C2=O)c1. The van der Waals surface area contributed by atoms with Crippen LogP contribution in [0.5, 0.6) is 0 Å². The number of amides is 2. The van der Waals surface area contributed by atoms with Gasteiger partial charge in [-0.05, 0) is 61.7 Å². The molecular formula is C25H22N2O2. The molecule has 3 aromatic carbocycles. The van der Waals surface area contributed by atoms with E-state index >= 15 is 0 Å². The molecular weight excluding hydrogens is 360 g/mol. The van der Waals surface area contributed by atoms with Gasteiger partial charge in [-0.3, -0.25) is 9.59 Å². The van der Waals surface area contributed by atoms with E-state index in [2.05, 4.69) is 5.32 Å². The van der Waals surface area contributed by atoms with Gasteiger partial charge in [0, 0.05) is 5.69 Å². The first kappa shape index (κ1) is 18.7. The number of carbonyl (C=O) groups excluding carboxylic acids is 2. The van der Waals surface area contributed by atoms with Gasteiger partial charge in [0.25, 0.3) is 11.8 Å². The van der Waals surface area contributed by atoms with Crippen LogP contribution in [0, 0.1) is 20.8 Å². The molecule has 3 aromatic rings. The van der Waals surface area contributed by atoms with Crippen LogP contribution in [-0.2, 0) is 9.59 Å². The number of hydrogen-bond acceptors (Lipinski definition) is 3. The predicted molar refractivity (Wildman–Crippen MR) is 117 cm³/mol. The molecule has 0 aliphatic carbocycles. The second-order valence-electron chi connectivity index (χ2n) is 7.34. The van der Waals surface area contributed by atoms with Gasteiger partial charge in [0.15, 0.2) is 0 Å². The summed E-state index contributed by atoms with van der Waals surface area (Å²) >= 11 is 0. The monoisotopic (exact) mass is 382 g/mol. The molecule has 1 N–H and O–H groups in total. The van der Waals surface area contributed by atoms with E-state index < -0.39 is 0 Å². The number of aryl methyl sites for hydroxylation is 3. The smallest absolute Gasteiger partial charge is 0.282 e. The first-order chi connectivity index (χ1) is 14.0. The lowest BCUT2D eigenvalue weighted by atomic mass is 9.97. The lowest BCUT2D eigenvalue weighted by molar-refractivity contribution is -0.120. The molecule has 0 spiro atoms. The quantitative estimate of drug-likeness (QED) is 0.646. The van der Waals surface area contributed by atoms with E-state index in [-0.39, 0.29) is 11.8 Å². The first-order valence-corrected chi connectivity index (χ1v) is 9.55. The molecule has 4 nitrogen and oxygen atoms in total. The lowest BCUT2D eigenvalue weighted by Crippen LogP contribution is -2.32. The highest BCUT2D eigenvalue weighted by molar-refractivity contribution is 6.46. The molecule has 1 heterocycles. The van der Waals surface area contributed by atoms with Gasteiger partial charge in [0.05, 0.1) is 11.3 Å². The number of carbonyl (C=O) groups is 2. The van der Waals surface area contributed by atoms with Crippen molar-refractivity contribution >= 4 is 28.8 Å².